The third-order valence-electron chi connectivity index (χ3n) is 10.8. The molecule has 0 spiro atoms. The van der Waals surface area contributed by atoms with Crippen molar-refractivity contribution in [3.63, 3.8) is 0 Å². The molecule has 4 heteroatoms. The maximum absolute atomic E-state index is 12.5. The summed E-state index contributed by atoms with van der Waals surface area (Å²) in [7, 11) is -2.07. The van der Waals surface area contributed by atoms with Gasteiger partial charge in [-0.3, -0.25) is 4.98 Å². The van der Waals surface area contributed by atoms with Gasteiger partial charge in [0.2, 0.25) is 0 Å². The highest BCUT2D eigenvalue weighted by Gasteiger charge is 2.45. The predicted octanol–water partition coefficient (Wildman–Crippen LogP) is 10.7. The highest BCUT2D eigenvalue weighted by molar-refractivity contribution is 6.74. The second-order valence-corrected chi connectivity index (χ2v) is 21.7. The average Bonchev–Trinajstić information content (AvgIpc) is 3.60. The molecule has 3 aliphatic rings. The first kappa shape index (κ1) is 31.7. The Bertz CT molecular complexity index is 1330. The quantitative estimate of drug-likeness (QED) is 0.342. The van der Waals surface area contributed by atoms with Gasteiger partial charge in [-0.25, -0.2) is 0 Å². The first-order chi connectivity index (χ1) is 19.5. The monoisotopic (exact) mass is 587 g/mol. The van der Waals surface area contributed by atoms with Crippen LogP contribution < -0.4 is 0 Å². The molecule has 0 bridgehead atoms. The van der Waals surface area contributed by atoms with E-state index in [-0.39, 0.29) is 22.0 Å². The standard InChI is InChI=1S/C38H57NO2Si/c1-36(2,3)28-21-15-20-27(22-28)35(40)33-31(25-16-11-12-17-25)32-29(39-34(33)26-18-13-14-19-26)23-38(7,8)24-30(32)41-42(9,10)37(4,5)6/h15-16,20-22,26,30,35,40H,11-14,17-19,23-24H2,1-10H3/t30-,35?/m1/s1. The van der Waals surface area contributed by atoms with Crippen molar-refractivity contribution in [1.29, 1.82) is 0 Å². The van der Waals surface area contributed by atoms with Gasteiger partial charge in [-0.2, -0.15) is 0 Å². The lowest BCUT2D eigenvalue weighted by Crippen LogP contribution is -2.44. The van der Waals surface area contributed by atoms with E-state index >= 15 is 0 Å². The summed E-state index contributed by atoms with van der Waals surface area (Å²) in [6.07, 6.45) is 11.9. The van der Waals surface area contributed by atoms with E-state index in [4.69, 9.17) is 9.41 Å². The average molecular weight is 588 g/mol. The van der Waals surface area contributed by atoms with E-state index in [1.165, 1.54) is 65.8 Å². The fourth-order valence-corrected chi connectivity index (χ4v) is 8.57. The Morgan fingerprint density at radius 3 is 2.31 bits per heavy atom. The first-order valence-electron chi connectivity index (χ1n) is 16.7. The number of aliphatic hydroxyl groups excluding tert-OH is 1. The molecule has 0 saturated heterocycles. The highest BCUT2D eigenvalue weighted by Crippen LogP contribution is 2.53. The summed E-state index contributed by atoms with van der Waals surface area (Å²) >= 11 is 0. The number of pyridine rings is 1. The van der Waals surface area contributed by atoms with Crippen molar-refractivity contribution in [2.24, 2.45) is 5.41 Å². The molecule has 0 amide bonds. The van der Waals surface area contributed by atoms with Gasteiger partial charge in [0.15, 0.2) is 8.32 Å². The molecule has 1 N–H and O–H groups in total. The van der Waals surface area contributed by atoms with Crippen LogP contribution in [0, 0.1) is 5.41 Å². The summed E-state index contributed by atoms with van der Waals surface area (Å²) in [5.74, 6) is 0.413. The molecule has 1 saturated carbocycles. The second kappa shape index (κ2) is 11.3. The van der Waals surface area contributed by atoms with E-state index in [1.807, 2.05) is 0 Å². The lowest BCUT2D eigenvalue weighted by atomic mass is 9.71. The highest BCUT2D eigenvalue weighted by atomic mass is 28.4. The molecule has 42 heavy (non-hydrogen) atoms. The van der Waals surface area contributed by atoms with Gasteiger partial charge < -0.3 is 9.53 Å². The van der Waals surface area contributed by atoms with Crippen LogP contribution in [0.15, 0.2) is 30.3 Å². The van der Waals surface area contributed by atoms with Crippen LogP contribution in [0.2, 0.25) is 18.1 Å². The van der Waals surface area contributed by atoms with Crippen molar-refractivity contribution in [3.8, 4) is 0 Å². The number of allylic oxidation sites excluding steroid dienone is 2. The van der Waals surface area contributed by atoms with Gasteiger partial charge in [0.1, 0.15) is 6.10 Å². The minimum Gasteiger partial charge on any atom is -0.410 e. The van der Waals surface area contributed by atoms with Crippen LogP contribution in [0.5, 0.6) is 0 Å². The SMILES string of the molecule is CC1(C)Cc2nc(C3CCCC3)c(C(O)c3cccc(C(C)(C)C)c3)c(C3=CCCC3)c2[C@H](O[Si](C)(C)C(C)(C)C)C1. The number of aliphatic hydroxyl groups is 1. The fourth-order valence-electron chi connectivity index (χ4n) is 7.30. The lowest BCUT2D eigenvalue weighted by Gasteiger charge is -2.45. The van der Waals surface area contributed by atoms with Crippen LogP contribution in [0.4, 0.5) is 0 Å². The number of nitrogens with zero attached hydrogens (tertiary/aromatic N) is 1. The molecule has 2 atom stereocenters. The van der Waals surface area contributed by atoms with Gasteiger partial charge in [-0.1, -0.05) is 98.6 Å². The summed E-state index contributed by atoms with van der Waals surface area (Å²) in [6.45, 7) is 23.3. The van der Waals surface area contributed by atoms with Crippen molar-refractivity contribution in [2.45, 2.75) is 155 Å². The molecule has 1 unspecified atom stereocenters. The van der Waals surface area contributed by atoms with E-state index in [0.29, 0.717) is 5.92 Å². The number of aromatic nitrogens is 1. The zero-order valence-electron chi connectivity index (χ0n) is 28.3. The van der Waals surface area contributed by atoms with E-state index in [1.54, 1.807) is 0 Å². The molecule has 1 fully saturated rings. The van der Waals surface area contributed by atoms with Crippen LogP contribution in [0.1, 0.15) is 164 Å². The Labute approximate surface area is 257 Å². The summed E-state index contributed by atoms with van der Waals surface area (Å²) in [5, 5.41) is 12.6. The van der Waals surface area contributed by atoms with Crippen LogP contribution in [0.25, 0.3) is 5.57 Å². The molecule has 0 radical (unpaired) electrons. The van der Waals surface area contributed by atoms with E-state index in [0.717, 1.165) is 36.8 Å². The van der Waals surface area contributed by atoms with E-state index < -0.39 is 14.4 Å². The molecule has 0 aliphatic heterocycles. The second-order valence-electron chi connectivity index (χ2n) is 16.9. The zero-order valence-corrected chi connectivity index (χ0v) is 29.3. The fraction of sp³-hybridized carbons (Fsp3) is 0.658. The van der Waals surface area contributed by atoms with Crippen molar-refractivity contribution in [3.05, 3.63) is 69.5 Å². The van der Waals surface area contributed by atoms with Crippen molar-refractivity contribution in [2.75, 3.05) is 0 Å². The van der Waals surface area contributed by atoms with Crippen LogP contribution in [-0.2, 0) is 16.3 Å². The Hall–Kier alpha value is -1.75. The molecule has 3 aliphatic carbocycles. The predicted molar refractivity (Wildman–Crippen MR) is 180 cm³/mol. The molecule has 1 aromatic heterocycles. The number of rotatable bonds is 6. The van der Waals surface area contributed by atoms with Crippen LogP contribution >= 0.6 is 0 Å². The van der Waals surface area contributed by atoms with Gasteiger partial charge >= 0.3 is 0 Å². The molecule has 1 heterocycles. The third kappa shape index (κ3) is 6.24. The number of fused-ring (bicyclic) bond motifs is 1. The molecule has 5 rings (SSSR count). The molecule has 230 valence electrons. The van der Waals surface area contributed by atoms with Gasteiger partial charge in [0, 0.05) is 22.7 Å². The summed E-state index contributed by atoms with van der Waals surface area (Å²) in [6, 6.07) is 8.69. The third-order valence-corrected chi connectivity index (χ3v) is 15.3. The minimum atomic E-state index is -2.07. The van der Waals surface area contributed by atoms with Crippen LogP contribution in [-0.4, -0.2) is 18.4 Å². The summed E-state index contributed by atoms with van der Waals surface area (Å²) < 4.78 is 7.37. The van der Waals surface area contributed by atoms with Gasteiger partial charge in [-0.15, -0.1) is 0 Å². The summed E-state index contributed by atoms with van der Waals surface area (Å²) in [4.78, 5) is 5.63. The first-order valence-corrected chi connectivity index (χ1v) is 19.6. The molecular formula is C38H57NO2Si. The largest absolute Gasteiger partial charge is 0.410 e. The zero-order chi connectivity index (χ0) is 30.7. The Balaban J connectivity index is 1.79. The number of hydrogen-bond donors (Lipinski definition) is 1. The van der Waals surface area contributed by atoms with Crippen molar-refractivity contribution < 1.29 is 9.53 Å². The Kier molecular flexibility index (Phi) is 8.53. The van der Waals surface area contributed by atoms with E-state index in [9.17, 15) is 5.11 Å². The topological polar surface area (TPSA) is 42.4 Å². The van der Waals surface area contributed by atoms with Gasteiger partial charge in [0.05, 0.1) is 11.8 Å². The minimum absolute atomic E-state index is 0.00173. The van der Waals surface area contributed by atoms with Crippen molar-refractivity contribution >= 4 is 13.9 Å². The summed E-state index contributed by atoms with van der Waals surface area (Å²) in [5.41, 5.74) is 9.88. The normalized spacial score (nSPS) is 22.3. The molecule has 3 nitrogen and oxygen atoms in total. The number of hydrogen-bond acceptors (Lipinski definition) is 3. The van der Waals surface area contributed by atoms with Gasteiger partial charge in [0.25, 0.3) is 0 Å². The maximum Gasteiger partial charge on any atom is 0.192 e. The van der Waals surface area contributed by atoms with E-state index in [2.05, 4.69) is 98.8 Å². The smallest absolute Gasteiger partial charge is 0.192 e. The molecule has 1 aromatic carbocycles. The lowest BCUT2D eigenvalue weighted by molar-refractivity contribution is 0.105. The maximum atomic E-state index is 12.5. The van der Waals surface area contributed by atoms with Gasteiger partial charge in [-0.05, 0) is 96.2 Å². The Morgan fingerprint density at radius 2 is 1.71 bits per heavy atom. The molecule has 2 aromatic rings. The van der Waals surface area contributed by atoms with Crippen molar-refractivity contribution in [1.82, 2.24) is 4.98 Å². The molecular weight excluding hydrogens is 531 g/mol. The Morgan fingerprint density at radius 1 is 1.02 bits per heavy atom. The van der Waals surface area contributed by atoms with Crippen LogP contribution in [0.3, 0.4) is 0 Å². The number of benzene rings is 1.